The molecule has 1 aromatic rings. The predicted octanol–water partition coefficient (Wildman–Crippen LogP) is 3.36. The van der Waals surface area contributed by atoms with E-state index in [-0.39, 0.29) is 17.4 Å². The first-order valence-electron chi connectivity index (χ1n) is 7.77. The second-order valence-electron chi connectivity index (χ2n) is 6.61. The van der Waals surface area contributed by atoms with Crippen molar-refractivity contribution in [3.05, 3.63) is 16.1 Å². The molecule has 1 saturated heterocycles. The van der Waals surface area contributed by atoms with Crippen LogP contribution >= 0.6 is 11.3 Å². The van der Waals surface area contributed by atoms with Gasteiger partial charge in [0.2, 0.25) is 0 Å². The second kappa shape index (κ2) is 6.88. The fourth-order valence-electron chi connectivity index (χ4n) is 2.59. The summed E-state index contributed by atoms with van der Waals surface area (Å²) in [5.74, 6) is -0.0789. The molecule has 1 unspecified atom stereocenters. The summed E-state index contributed by atoms with van der Waals surface area (Å²) in [6.45, 7) is 10.5. The van der Waals surface area contributed by atoms with Gasteiger partial charge in [-0.3, -0.25) is 9.69 Å². The number of hydrogen-bond donors (Lipinski definition) is 0. The minimum absolute atomic E-state index is 0.0789. The van der Waals surface area contributed by atoms with Crippen LogP contribution in [0.5, 0.6) is 0 Å². The monoisotopic (exact) mass is 310 g/mol. The van der Waals surface area contributed by atoms with Crippen molar-refractivity contribution in [1.82, 2.24) is 9.88 Å². The van der Waals surface area contributed by atoms with E-state index in [9.17, 15) is 4.79 Å². The highest BCUT2D eigenvalue weighted by atomic mass is 32.1. The van der Waals surface area contributed by atoms with Gasteiger partial charge in [-0.2, -0.15) is 0 Å². The lowest BCUT2D eigenvalue weighted by Crippen LogP contribution is -2.44. The molecule has 2 heterocycles. The van der Waals surface area contributed by atoms with E-state index in [0.717, 1.165) is 43.1 Å². The number of thiazole rings is 1. The zero-order chi connectivity index (χ0) is 15.5. The summed E-state index contributed by atoms with van der Waals surface area (Å²) in [5.41, 5.74) is 1.21. The van der Waals surface area contributed by atoms with E-state index in [1.165, 1.54) is 0 Å². The molecule has 5 heteroatoms. The molecule has 0 N–H and O–H groups in total. The van der Waals surface area contributed by atoms with Crippen LogP contribution in [0.2, 0.25) is 0 Å². The highest BCUT2D eigenvalue weighted by Gasteiger charge is 2.30. The number of carbonyl (C=O) groups excluding carboxylic acids is 1. The van der Waals surface area contributed by atoms with Gasteiger partial charge in [0.25, 0.3) is 0 Å². The number of likely N-dealkylation sites (tertiary alicyclic amines) is 1. The summed E-state index contributed by atoms with van der Waals surface area (Å²) in [7, 11) is 0. The van der Waals surface area contributed by atoms with Gasteiger partial charge >= 0.3 is 5.97 Å². The van der Waals surface area contributed by atoms with Gasteiger partial charge in [-0.05, 0) is 26.3 Å². The number of rotatable bonds is 4. The molecular weight excluding hydrogens is 284 g/mol. The zero-order valence-corrected chi connectivity index (χ0v) is 14.3. The Morgan fingerprint density at radius 1 is 1.48 bits per heavy atom. The lowest BCUT2D eigenvalue weighted by molar-refractivity contribution is -0.151. The molecule has 1 fully saturated rings. The van der Waals surface area contributed by atoms with Gasteiger partial charge in [0.15, 0.2) is 0 Å². The van der Waals surface area contributed by atoms with E-state index >= 15 is 0 Å². The molecule has 0 saturated carbocycles. The number of ether oxygens (including phenoxy) is 1. The molecular formula is C16H26N2O2S. The van der Waals surface area contributed by atoms with Crippen molar-refractivity contribution >= 4 is 17.3 Å². The Hall–Kier alpha value is -0.940. The van der Waals surface area contributed by atoms with Gasteiger partial charge in [-0.15, -0.1) is 11.3 Å². The molecule has 1 aliphatic rings. The molecule has 0 aromatic carbocycles. The maximum atomic E-state index is 12.1. The lowest BCUT2D eigenvalue weighted by atomic mass is 9.93. The summed E-state index contributed by atoms with van der Waals surface area (Å²) >= 11 is 1.69. The highest BCUT2D eigenvalue weighted by molar-refractivity contribution is 7.09. The molecule has 0 aliphatic carbocycles. The Morgan fingerprint density at radius 3 is 2.86 bits per heavy atom. The van der Waals surface area contributed by atoms with Crippen molar-refractivity contribution in [2.24, 2.45) is 0 Å². The van der Waals surface area contributed by atoms with Crippen LogP contribution in [0.25, 0.3) is 0 Å². The molecule has 1 aliphatic heterocycles. The van der Waals surface area contributed by atoms with Crippen molar-refractivity contribution in [1.29, 1.82) is 0 Å². The van der Waals surface area contributed by atoms with E-state index in [0.29, 0.717) is 6.61 Å². The summed E-state index contributed by atoms with van der Waals surface area (Å²) in [4.78, 5) is 19.1. The number of piperidine rings is 1. The number of carbonyl (C=O) groups is 1. The van der Waals surface area contributed by atoms with E-state index in [2.05, 4.69) is 31.1 Å². The van der Waals surface area contributed by atoms with Gasteiger partial charge in [-0.1, -0.05) is 27.2 Å². The summed E-state index contributed by atoms with van der Waals surface area (Å²) in [5, 5.41) is 3.23. The number of esters is 1. The molecule has 1 atom stereocenters. The first-order valence-corrected chi connectivity index (χ1v) is 8.65. The molecule has 0 amide bonds. The third-order valence-corrected chi connectivity index (χ3v) is 4.66. The molecule has 0 spiro atoms. The molecule has 4 nitrogen and oxygen atoms in total. The van der Waals surface area contributed by atoms with E-state index in [1.54, 1.807) is 11.3 Å². The fraction of sp³-hybridized carbons (Fsp3) is 0.750. The van der Waals surface area contributed by atoms with Crippen LogP contribution in [0.15, 0.2) is 5.38 Å². The Labute approximate surface area is 131 Å². The summed E-state index contributed by atoms with van der Waals surface area (Å²) in [6.07, 6.45) is 3.15. The van der Waals surface area contributed by atoms with Crippen molar-refractivity contribution in [2.75, 3.05) is 13.2 Å². The van der Waals surface area contributed by atoms with Crippen LogP contribution in [-0.2, 0) is 21.5 Å². The topological polar surface area (TPSA) is 42.4 Å². The number of aromatic nitrogens is 1. The first-order chi connectivity index (χ1) is 9.91. The normalized spacial score (nSPS) is 20.5. The third kappa shape index (κ3) is 4.27. The SMILES string of the molecule is CCOC(=O)C1CCCCN1Cc1nc(C(C)(C)C)cs1. The largest absolute Gasteiger partial charge is 0.465 e. The van der Waals surface area contributed by atoms with Crippen molar-refractivity contribution < 1.29 is 9.53 Å². The minimum Gasteiger partial charge on any atom is -0.465 e. The highest BCUT2D eigenvalue weighted by Crippen LogP contribution is 2.26. The molecule has 118 valence electrons. The van der Waals surface area contributed by atoms with E-state index < -0.39 is 0 Å². The van der Waals surface area contributed by atoms with Gasteiger partial charge < -0.3 is 4.74 Å². The minimum atomic E-state index is -0.0966. The van der Waals surface area contributed by atoms with Gasteiger partial charge in [0.1, 0.15) is 11.0 Å². The Bertz CT molecular complexity index is 479. The van der Waals surface area contributed by atoms with Crippen LogP contribution < -0.4 is 0 Å². The standard InChI is InChI=1S/C16H26N2O2S/c1-5-20-15(19)12-8-6-7-9-18(12)10-14-17-13(11-21-14)16(2,3)4/h11-12H,5-10H2,1-4H3. The lowest BCUT2D eigenvalue weighted by Gasteiger charge is -2.33. The van der Waals surface area contributed by atoms with Crippen molar-refractivity contribution in [3.8, 4) is 0 Å². The average molecular weight is 310 g/mol. The van der Waals surface area contributed by atoms with Gasteiger partial charge in [-0.25, -0.2) is 4.98 Å². The average Bonchev–Trinajstić information content (AvgIpc) is 2.88. The van der Waals surface area contributed by atoms with Crippen LogP contribution in [0.3, 0.4) is 0 Å². The number of hydrogen-bond acceptors (Lipinski definition) is 5. The maximum Gasteiger partial charge on any atom is 0.323 e. The predicted molar refractivity (Wildman–Crippen MR) is 85.5 cm³/mol. The molecule has 0 radical (unpaired) electrons. The molecule has 2 rings (SSSR count). The fourth-order valence-corrected chi connectivity index (χ4v) is 3.63. The smallest absolute Gasteiger partial charge is 0.323 e. The van der Waals surface area contributed by atoms with Crippen LogP contribution in [0, 0.1) is 0 Å². The quantitative estimate of drug-likeness (QED) is 0.800. The zero-order valence-electron chi connectivity index (χ0n) is 13.5. The van der Waals surface area contributed by atoms with Crippen LogP contribution in [0.1, 0.15) is 57.7 Å². The molecule has 0 bridgehead atoms. The van der Waals surface area contributed by atoms with Crippen LogP contribution in [-0.4, -0.2) is 35.0 Å². The Morgan fingerprint density at radius 2 is 2.24 bits per heavy atom. The van der Waals surface area contributed by atoms with E-state index in [1.807, 2.05) is 6.92 Å². The van der Waals surface area contributed by atoms with Crippen molar-refractivity contribution in [2.45, 2.75) is 65.0 Å². The Kier molecular flexibility index (Phi) is 5.38. The van der Waals surface area contributed by atoms with Gasteiger partial charge in [0, 0.05) is 10.8 Å². The third-order valence-electron chi connectivity index (χ3n) is 3.83. The number of nitrogens with zero attached hydrogens (tertiary/aromatic N) is 2. The van der Waals surface area contributed by atoms with E-state index in [4.69, 9.17) is 9.72 Å². The van der Waals surface area contributed by atoms with Gasteiger partial charge in [0.05, 0.1) is 18.8 Å². The van der Waals surface area contributed by atoms with Crippen LogP contribution in [0.4, 0.5) is 0 Å². The second-order valence-corrected chi connectivity index (χ2v) is 7.55. The first kappa shape index (κ1) is 16.4. The maximum absolute atomic E-state index is 12.1. The van der Waals surface area contributed by atoms with Crippen molar-refractivity contribution in [3.63, 3.8) is 0 Å². The molecule has 1 aromatic heterocycles. The molecule has 21 heavy (non-hydrogen) atoms. The summed E-state index contributed by atoms with van der Waals surface area (Å²) in [6, 6.07) is -0.0966. The summed E-state index contributed by atoms with van der Waals surface area (Å²) < 4.78 is 5.21. The Balaban J connectivity index is 2.05.